The van der Waals surface area contributed by atoms with Crippen LogP contribution in [0.5, 0.6) is 0 Å². The zero-order chi connectivity index (χ0) is 17.5. The molecule has 0 spiro atoms. The Morgan fingerprint density at radius 2 is 1.42 bits per heavy atom. The van der Waals surface area contributed by atoms with Crippen molar-refractivity contribution >= 4 is 29.0 Å². The Morgan fingerprint density at radius 1 is 0.917 bits per heavy atom. The number of non-ortho nitro benzene ring substituents is 2. The molecule has 0 saturated heterocycles. The van der Waals surface area contributed by atoms with E-state index < -0.39 is 9.85 Å². The molecule has 1 amide bonds. The Hall–Kier alpha value is -2.94. The summed E-state index contributed by atoms with van der Waals surface area (Å²) in [5, 5.41) is 23.8. The summed E-state index contributed by atoms with van der Waals surface area (Å²) >= 11 is 1.27. The summed E-state index contributed by atoms with van der Waals surface area (Å²) in [7, 11) is 0. The number of carbonyl (C=O) groups excluding carboxylic acids is 1. The standard InChI is InChI=1S/C15H13N3O5S/c19-15(10-24-14-7-5-13(6-8-14)18(22)23)16-9-11-1-3-12(4-2-11)17(20)21/h1-8H,9-10H2,(H,16,19). The molecule has 0 aliphatic rings. The number of amides is 1. The average molecular weight is 347 g/mol. The Bertz CT molecular complexity index is 683. The minimum atomic E-state index is -0.483. The van der Waals surface area contributed by atoms with Crippen LogP contribution in [0, 0.1) is 20.2 Å². The van der Waals surface area contributed by atoms with E-state index in [4.69, 9.17) is 0 Å². The minimum Gasteiger partial charge on any atom is -0.351 e. The second-order valence-corrected chi connectivity index (χ2v) is 5.79. The molecule has 0 aliphatic heterocycles. The molecule has 0 unspecified atom stereocenters. The van der Waals surface area contributed by atoms with E-state index in [1.165, 1.54) is 36.0 Å². The number of rotatable bonds is 7. The van der Waals surface area contributed by atoms with Crippen molar-refractivity contribution in [3.8, 4) is 0 Å². The van der Waals surface area contributed by atoms with Crippen molar-refractivity contribution in [2.45, 2.75) is 11.4 Å². The van der Waals surface area contributed by atoms with Crippen LogP contribution in [0.2, 0.25) is 0 Å². The van der Waals surface area contributed by atoms with Gasteiger partial charge in [-0.25, -0.2) is 0 Å². The highest BCUT2D eigenvalue weighted by molar-refractivity contribution is 8.00. The second kappa shape index (κ2) is 8.06. The van der Waals surface area contributed by atoms with Crippen LogP contribution in [0.15, 0.2) is 53.4 Å². The van der Waals surface area contributed by atoms with Crippen molar-refractivity contribution in [3.63, 3.8) is 0 Å². The first-order valence-electron chi connectivity index (χ1n) is 6.83. The van der Waals surface area contributed by atoms with Gasteiger partial charge < -0.3 is 5.32 Å². The van der Waals surface area contributed by atoms with Crippen LogP contribution in [0.4, 0.5) is 11.4 Å². The molecule has 0 radical (unpaired) electrons. The molecule has 24 heavy (non-hydrogen) atoms. The molecule has 2 rings (SSSR count). The van der Waals surface area contributed by atoms with Crippen LogP contribution < -0.4 is 5.32 Å². The lowest BCUT2D eigenvalue weighted by Gasteiger charge is -2.05. The summed E-state index contributed by atoms with van der Waals surface area (Å²) in [6, 6.07) is 11.9. The molecule has 2 aromatic carbocycles. The number of nitro benzene ring substituents is 2. The summed E-state index contributed by atoms with van der Waals surface area (Å²) in [6.45, 7) is 0.275. The van der Waals surface area contributed by atoms with E-state index in [0.717, 1.165) is 10.5 Å². The largest absolute Gasteiger partial charge is 0.351 e. The van der Waals surface area contributed by atoms with Crippen molar-refractivity contribution in [1.82, 2.24) is 5.32 Å². The van der Waals surface area contributed by atoms with Crippen molar-refractivity contribution in [3.05, 3.63) is 74.3 Å². The van der Waals surface area contributed by atoms with Crippen LogP contribution in [0.3, 0.4) is 0 Å². The Morgan fingerprint density at radius 3 is 1.92 bits per heavy atom. The topological polar surface area (TPSA) is 115 Å². The summed E-state index contributed by atoms with van der Waals surface area (Å²) in [6.07, 6.45) is 0. The molecule has 0 atom stereocenters. The van der Waals surface area contributed by atoms with Gasteiger partial charge in [-0.2, -0.15) is 0 Å². The summed E-state index contributed by atoms with van der Waals surface area (Å²) in [5.74, 6) is -0.0261. The summed E-state index contributed by atoms with van der Waals surface area (Å²) in [5.41, 5.74) is 0.759. The van der Waals surface area contributed by atoms with Crippen molar-refractivity contribution < 1.29 is 14.6 Å². The predicted molar refractivity (Wildman–Crippen MR) is 88.8 cm³/mol. The number of benzene rings is 2. The molecule has 0 fully saturated rings. The predicted octanol–water partition coefficient (Wildman–Crippen LogP) is 2.91. The van der Waals surface area contributed by atoms with Gasteiger partial charge in [-0.1, -0.05) is 12.1 Å². The number of thioether (sulfide) groups is 1. The molecule has 8 nitrogen and oxygen atoms in total. The Kier molecular flexibility index (Phi) is 5.85. The van der Waals surface area contributed by atoms with Crippen LogP contribution in [0.1, 0.15) is 5.56 Å². The first kappa shape index (κ1) is 17.4. The monoisotopic (exact) mass is 347 g/mol. The van der Waals surface area contributed by atoms with E-state index in [1.807, 2.05) is 0 Å². The number of carbonyl (C=O) groups is 1. The third kappa shape index (κ3) is 5.06. The van der Waals surface area contributed by atoms with Gasteiger partial charge in [0.15, 0.2) is 0 Å². The zero-order valence-electron chi connectivity index (χ0n) is 12.4. The SMILES string of the molecule is O=C(CSc1ccc([N+](=O)[O-])cc1)NCc1ccc([N+](=O)[O-])cc1. The maximum Gasteiger partial charge on any atom is 0.269 e. The molecule has 0 heterocycles. The molecular weight excluding hydrogens is 334 g/mol. The van der Waals surface area contributed by atoms with Gasteiger partial charge in [-0.05, 0) is 17.7 Å². The highest BCUT2D eigenvalue weighted by Crippen LogP contribution is 2.21. The fourth-order valence-electron chi connectivity index (χ4n) is 1.80. The number of nitrogens with zero attached hydrogens (tertiary/aromatic N) is 2. The number of nitrogens with one attached hydrogen (secondary N) is 1. The van der Waals surface area contributed by atoms with Crippen molar-refractivity contribution in [1.29, 1.82) is 0 Å². The van der Waals surface area contributed by atoms with Crippen LogP contribution >= 0.6 is 11.8 Å². The van der Waals surface area contributed by atoms with Crippen LogP contribution in [0.25, 0.3) is 0 Å². The van der Waals surface area contributed by atoms with E-state index in [9.17, 15) is 25.0 Å². The van der Waals surface area contributed by atoms with Gasteiger partial charge in [0, 0.05) is 35.7 Å². The van der Waals surface area contributed by atoms with Crippen LogP contribution in [-0.2, 0) is 11.3 Å². The highest BCUT2D eigenvalue weighted by atomic mass is 32.2. The van der Waals surface area contributed by atoms with Crippen molar-refractivity contribution in [2.24, 2.45) is 0 Å². The van der Waals surface area contributed by atoms with Gasteiger partial charge in [-0.15, -0.1) is 11.8 Å². The molecule has 124 valence electrons. The van der Waals surface area contributed by atoms with E-state index in [2.05, 4.69) is 5.32 Å². The number of hydrogen-bond acceptors (Lipinski definition) is 6. The average Bonchev–Trinajstić information content (AvgIpc) is 2.58. The lowest BCUT2D eigenvalue weighted by atomic mass is 10.2. The Labute approximate surface area is 141 Å². The molecule has 2 aromatic rings. The van der Waals surface area contributed by atoms with Gasteiger partial charge in [0.1, 0.15) is 0 Å². The molecule has 1 N–H and O–H groups in total. The van der Waals surface area contributed by atoms with Gasteiger partial charge >= 0.3 is 0 Å². The number of nitro groups is 2. The zero-order valence-corrected chi connectivity index (χ0v) is 13.2. The summed E-state index contributed by atoms with van der Waals surface area (Å²) < 4.78 is 0. The smallest absolute Gasteiger partial charge is 0.269 e. The van der Waals surface area contributed by atoms with Gasteiger partial charge in [0.25, 0.3) is 11.4 Å². The lowest BCUT2D eigenvalue weighted by molar-refractivity contribution is -0.385. The van der Waals surface area contributed by atoms with Crippen LogP contribution in [-0.4, -0.2) is 21.5 Å². The fraction of sp³-hybridized carbons (Fsp3) is 0.133. The van der Waals surface area contributed by atoms with Gasteiger partial charge in [-0.3, -0.25) is 25.0 Å². The molecule has 9 heteroatoms. The molecule has 0 saturated carbocycles. The van der Waals surface area contributed by atoms with E-state index >= 15 is 0 Å². The minimum absolute atomic E-state index is 0.00111. The van der Waals surface area contributed by atoms with E-state index in [0.29, 0.717) is 0 Å². The molecule has 0 aliphatic carbocycles. The van der Waals surface area contributed by atoms with E-state index in [1.54, 1.807) is 24.3 Å². The second-order valence-electron chi connectivity index (χ2n) is 4.74. The first-order valence-corrected chi connectivity index (χ1v) is 7.81. The fourth-order valence-corrected chi connectivity index (χ4v) is 2.53. The normalized spacial score (nSPS) is 10.2. The molecular formula is C15H13N3O5S. The maximum atomic E-state index is 11.8. The van der Waals surface area contributed by atoms with Gasteiger partial charge in [0.2, 0.25) is 5.91 Å². The summed E-state index contributed by atoms with van der Waals surface area (Å²) in [4.78, 5) is 32.7. The Balaban J connectivity index is 1.78. The third-order valence-corrected chi connectivity index (χ3v) is 4.07. The lowest BCUT2D eigenvalue weighted by Crippen LogP contribution is -2.24. The van der Waals surface area contributed by atoms with E-state index in [-0.39, 0.29) is 29.6 Å². The highest BCUT2D eigenvalue weighted by Gasteiger charge is 2.07. The first-order chi connectivity index (χ1) is 11.5. The van der Waals surface area contributed by atoms with Crippen molar-refractivity contribution in [2.75, 3.05) is 5.75 Å². The van der Waals surface area contributed by atoms with Gasteiger partial charge in [0.05, 0.1) is 15.6 Å². The number of hydrogen-bond donors (Lipinski definition) is 1. The quantitative estimate of drug-likeness (QED) is 0.468. The third-order valence-electron chi connectivity index (χ3n) is 3.05. The molecule has 0 bridgehead atoms. The maximum absolute atomic E-state index is 11.8. The molecule has 0 aromatic heterocycles.